The number of aromatic nitrogens is 3. The standard InChI is InChI=1S/C32H40FN7O3/c1-21-2-4-22(5-3-21)29-16-23(6-7-30(29)43-28-8-9-35-19-28)31(41)38-10-12-39(13-11-38)32(42)24-14-25(33)17-27(15-24)40-20-26(18-34)36-37-40/h6-7,14-17,20-22,28,35H,2-5,8-13,18-19,34H2,1H3/t21?,22?,28-/m0/s1. The van der Waals surface area contributed by atoms with Crippen molar-refractivity contribution in [2.24, 2.45) is 11.7 Å². The molecular formula is C32H40FN7O3. The highest BCUT2D eigenvalue weighted by atomic mass is 19.1. The van der Waals surface area contributed by atoms with E-state index >= 15 is 0 Å². The van der Waals surface area contributed by atoms with Crippen LogP contribution in [0.1, 0.15) is 76.9 Å². The molecule has 6 rings (SSSR count). The molecule has 0 spiro atoms. The zero-order valence-corrected chi connectivity index (χ0v) is 24.7. The summed E-state index contributed by atoms with van der Waals surface area (Å²) < 4.78 is 22.3. The van der Waals surface area contributed by atoms with Gasteiger partial charge in [-0.3, -0.25) is 9.59 Å². The van der Waals surface area contributed by atoms with Crippen molar-refractivity contribution in [1.82, 2.24) is 30.1 Å². The Labute approximate surface area is 251 Å². The fraction of sp³-hybridized carbons (Fsp3) is 0.500. The average Bonchev–Trinajstić information content (AvgIpc) is 3.73. The number of hydrogen-bond donors (Lipinski definition) is 2. The average molecular weight is 590 g/mol. The van der Waals surface area contributed by atoms with Gasteiger partial charge in [-0.05, 0) is 79.6 Å². The number of carbonyl (C=O) groups is 2. The molecule has 3 aliphatic rings. The van der Waals surface area contributed by atoms with E-state index in [9.17, 15) is 14.0 Å². The Kier molecular flexibility index (Phi) is 8.71. The van der Waals surface area contributed by atoms with Gasteiger partial charge < -0.3 is 25.6 Å². The summed E-state index contributed by atoms with van der Waals surface area (Å²) in [7, 11) is 0. The fourth-order valence-corrected chi connectivity index (χ4v) is 6.41. The van der Waals surface area contributed by atoms with Crippen molar-refractivity contribution in [1.29, 1.82) is 0 Å². The third kappa shape index (κ3) is 6.57. The van der Waals surface area contributed by atoms with Gasteiger partial charge in [0.15, 0.2) is 0 Å². The maximum Gasteiger partial charge on any atom is 0.254 e. The third-order valence-electron chi connectivity index (χ3n) is 9.02. The first-order valence-corrected chi connectivity index (χ1v) is 15.4. The monoisotopic (exact) mass is 589 g/mol. The predicted molar refractivity (Wildman–Crippen MR) is 160 cm³/mol. The number of halogens is 1. The molecule has 1 aliphatic carbocycles. The highest BCUT2D eigenvalue weighted by Crippen LogP contribution is 2.40. The Balaban J connectivity index is 1.13. The molecule has 3 aromatic rings. The second-order valence-corrected chi connectivity index (χ2v) is 12.1. The zero-order valence-electron chi connectivity index (χ0n) is 24.7. The second kappa shape index (κ2) is 12.8. The molecule has 11 heteroatoms. The van der Waals surface area contributed by atoms with Crippen molar-refractivity contribution in [3.8, 4) is 11.4 Å². The van der Waals surface area contributed by atoms with E-state index in [1.807, 2.05) is 18.2 Å². The van der Waals surface area contributed by atoms with Crippen LogP contribution in [0.15, 0.2) is 42.6 Å². The molecule has 3 N–H and O–H groups in total. The molecule has 2 aromatic carbocycles. The lowest BCUT2D eigenvalue weighted by atomic mass is 9.79. The second-order valence-electron chi connectivity index (χ2n) is 12.1. The molecule has 228 valence electrons. The predicted octanol–water partition coefficient (Wildman–Crippen LogP) is 3.50. The van der Waals surface area contributed by atoms with Crippen LogP contribution in [0.4, 0.5) is 4.39 Å². The number of ether oxygens (including phenoxy) is 1. The van der Waals surface area contributed by atoms with Crippen molar-refractivity contribution in [2.45, 2.75) is 57.6 Å². The third-order valence-corrected chi connectivity index (χ3v) is 9.02. The summed E-state index contributed by atoms with van der Waals surface area (Å²) in [6, 6.07) is 10.0. The van der Waals surface area contributed by atoms with Crippen LogP contribution < -0.4 is 15.8 Å². The van der Waals surface area contributed by atoms with Crippen LogP contribution >= 0.6 is 0 Å². The highest BCUT2D eigenvalue weighted by molar-refractivity contribution is 5.96. The number of benzene rings is 2. The summed E-state index contributed by atoms with van der Waals surface area (Å²) >= 11 is 0. The van der Waals surface area contributed by atoms with Gasteiger partial charge >= 0.3 is 0 Å². The summed E-state index contributed by atoms with van der Waals surface area (Å²) in [6.07, 6.45) is 7.32. The maximum atomic E-state index is 14.5. The maximum absolute atomic E-state index is 14.5. The van der Waals surface area contributed by atoms with Crippen molar-refractivity contribution in [3.63, 3.8) is 0 Å². The molecule has 3 fully saturated rings. The molecule has 0 bridgehead atoms. The van der Waals surface area contributed by atoms with Gasteiger partial charge in [-0.15, -0.1) is 5.10 Å². The van der Waals surface area contributed by atoms with Gasteiger partial charge in [0.2, 0.25) is 0 Å². The number of nitrogens with zero attached hydrogens (tertiary/aromatic N) is 5. The van der Waals surface area contributed by atoms with Crippen molar-refractivity contribution in [2.75, 3.05) is 39.3 Å². The Hall–Kier alpha value is -3.83. The summed E-state index contributed by atoms with van der Waals surface area (Å²) in [5.74, 6) is 1.15. The van der Waals surface area contributed by atoms with E-state index in [4.69, 9.17) is 10.5 Å². The number of nitrogens with one attached hydrogen (secondary N) is 1. The molecule has 2 saturated heterocycles. The van der Waals surface area contributed by atoms with Gasteiger partial charge in [0, 0.05) is 50.4 Å². The molecule has 2 aliphatic heterocycles. The minimum atomic E-state index is -0.542. The van der Waals surface area contributed by atoms with Gasteiger partial charge in [0.25, 0.3) is 11.8 Å². The first kappa shape index (κ1) is 29.3. The Morgan fingerprint density at radius 3 is 2.35 bits per heavy atom. The summed E-state index contributed by atoms with van der Waals surface area (Å²) in [5.41, 5.74) is 8.59. The molecular weight excluding hydrogens is 549 g/mol. The lowest BCUT2D eigenvalue weighted by molar-refractivity contribution is 0.0535. The molecule has 1 aromatic heterocycles. The van der Waals surface area contributed by atoms with Gasteiger partial charge in [-0.1, -0.05) is 25.0 Å². The van der Waals surface area contributed by atoms with Crippen LogP contribution in [0.25, 0.3) is 5.69 Å². The van der Waals surface area contributed by atoms with Crippen LogP contribution in [-0.2, 0) is 6.54 Å². The summed E-state index contributed by atoms with van der Waals surface area (Å²) in [4.78, 5) is 30.5. The molecule has 43 heavy (non-hydrogen) atoms. The van der Waals surface area contributed by atoms with Gasteiger partial charge in [0.05, 0.1) is 17.6 Å². The minimum absolute atomic E-state index is 0.0402. The van der Waals surface area contributed by atoms with E-state index in [1.54, 1.807) is 22.1 Å². The van der Waals surface area contributed by atoms with E-state index in [0.717, 1.165) is 49.6 Å². The van der Waals surface area contributed by atoms with E-state index in [2.05, 4.69) is 22.6 Å². The summed E-state index contributed by atoms with van der Waals surface area (Å²) in [5, 5.41) is 11.3. The molecule has 2 amide bonds. The Bertz CT molecular complexity index is 1450. The van der Waals surface area contributed by atoms with Gasteiger partial charge in [0.1, 0.15) is 17.7 Å². The largest absolute Gasteiger partial charge is 0.489 e. The lowest BCUT2D eigenvalue weighted by Crippen LogP contribution is -2.50. The van der Waals surface area contributed by atoms with Crippen molar-refractivity contribution >= 4 is 11.8 Å². The molecule has 0 unspecified atom stereocenters. The smallest absolute Gasteiger partial charge is 0.254 e. The number of carbonyl (C=O) groups excluding carboxylic acids is 2. The van der Waals surface area contributed by atoms with Gasteiger partial charge in [-0.2, -0.15) is 0 Å². The molecule has 1 saturated carbocycles. The van der Waals surface area contributed by atoms with Crippen LogP contribution in [0.5, 0.6) is 5.75 Å². The van der Waals surface area contributed by atoms with E-state index < -0.39 is 5.82 Å². The first-order chi connectivity index (χ1) is 20.9. The molecule has 0 radical (unpaired) electrons. The Morgan fingerprint density at radius 2 is 1.70 bits per heavy atom. The number of piperazine rings is 1. The highest BCUT2D eigenvalue weighted by Gasteiger charge is 2.29. The van der Waals surface area contributed by atoms with Crippen LogP contribution in [0, 0.1) is 11.7 Å². The quantitative estimate of drug-likeness (QED) is 0.433. The van der Waals surface area contributed by atoms with Crippen LogP contribution in [0.2, 0.25) is 0 Å². The molecule has 1 atom stereocenters. The van der Waals surface area contributed by atoms with E-state index in [1.165, 1.54) is 29.7 Å². The van der Waals surface area contributed by atoms with Crippen molar-refractivity contribution < 1.29 is 18.7 Å². The van der Waals surface area contributed by atoms with E-state index in [0.29, 0.717) is 49.0 Å². The number of nitrogens with two attached hydrogens (primary N) is 1. The fourth-order valence-electron chi connectivity index (χ4n) is 6.41. The van der Waals surface area contributed by atoms with E-state index in [-0.39, 0.29) is 30.0 Å². The topological polar surface area (TPSA) is 119 Å². The van der Waals surface area contributed by atoms with Crippen molar-refractivity contribution in [3.05, 3.63) is 70.8 Å². The SMILES string of the molecule is CC1CCC(c2cc(C(=O)N3CCN(C(=O)c4cc(F)cc(-n5cc(CN)nn5)c4)CC3)ccc2O[C@H]2CCNC2)CC1. The minimum Gasteiger partial charge on any atom is -0.489 e. The Morgan fingerprint density at radius 1 is 0.977 bits per heavy atom. The molecule has 10 nitrogen and oxygen atoms in total. The normalized spacial score (nSPS) is 22.5. The number of rotatable bonds is 7. The molecule has 3 heterocycles. The first-order valence-electron chi connectivity index (χ1n) is 15.4. The van der Waals surface area contributed by atoms with Gasteiger partial charge in [-0.25, -0.2) is 9.07 Å². The summed E-state index contributed by atoms with van der Waals surface area (Å²) in [6.45, 7) is 5.85. The number of hydrogen-bond acceptors (Lipinski definition) is 7. The van der Waals surface area contributed by atoms with Crippen LogP contribution in [0.3, 0.4) is 0 Å². The lowest BCUT2D eigenvalue weighted by Gasteiger charge is -2.35. The zero-order chi connectivity index (χ0) is 29.9. The number of amides is 2. The van der Waals surface area contributed by atoms with Crippen LogP contribution in [-0.4, -0.2) is 82.0 Å².